The Hall–Kier alpha value is -1.79. The van der Waals surface area contributed by atoms with Crippen LogP contribution in [0.2, 0.25) is 0 Å². The van der Waals surface area contributed by atoms with Crippen LogP contribution >= 0.6 is 0 Å². The maximum atomic E-state index is 10.6. The molecule has 0 bridgehead atoms. The van der Waals surface area contributed by atoms with E-state index < -0.39 is 11.5 Å². The van der Waals surface area contributed by atoms with Crippen LogP contribution in [0.1, 0.15) is 6.92 Å². The second kappa shape index (κ2) is 5.03. The Morgan fingerprint density at radius 3 is 2.82 bits per heavy atom. The molecule has 0 rings (SSSR count). The largest absolute Gasteiger partial charge is 0.461 e. The maximum Gasteiger partial charge on any atom is 0.358 e. The van der Waals surface area contributed by atoms with Crippen molar-refractivity contribution in [2.24, 2.45) is 5.16 Å². The van der Waals surface area contributed by atoms with E-state index in [1.165, 1.54) is 6.07 Å². The summed E-state index contributed by atoms with van der Waals surface area (Å²) < 4.78 is 4.42. The summed E-state index contributed by atoms with van der Waals surface area (Å²) >= 11 is 0. The van der Waals surface area contributed by atoms with E-state index in [0.29, 0.717) is 0 Å². The smallest absolute Gasteiger partial charge is 0.358 e. The molecule has 0 radical (unpaired) electrons. The number of carbonyl (C=O) groups is 1. The Kier molecular flexibility index (Phi) is 4.21. The van der Waals surface area contributed by atoms with Gasteiger partial charge in [-0.15, -0.1) is 0 Å². The molecule has 0 heterocycles. The van der Waals surface area contributed by atoms with E-state index >= 15 is 0 Å². The van der Waals surface area contributed by atoms with Gasteiger partial charge in [0.2, 0.25) is 5.57 Å². The van der Waals surface area contributed by atoms with Crippen LogP contribution in [-0.4, -0.2) is 23.7 Å². The normalized spacial score (nSPS) is 7.27. The molecule has 1 N–H and O–H groups in total. The third-order valence-electron chi connectivity index (χ3n) is 0.753. The molecule has 11 heavy (non-hydrogen) atoms. The first-order valence-electron chi connectivity index (χ1n) is 2.80. The van der Waals surface area contributed by atoms with Gasteiger partial charge in [0.1, 0.15) is 6.07 Å². The molecule has 0 amide bonds. The van der Waals surface area contributed by atoms with Gasteiger partial charge in [-0.25, -0.2) is 4.79 Å². The summed E-state index contributed by atoms with van der Waals surface area (Å²) in [5.41, 5.74) is -0.450. The first kappa shape index (κ1) is 9.21. The van der Waals surface area contributed by atoms with E-state index in [1.807, 2.05) is 0 Å². The van der Waals surface area contributed by atoms with Crippen LogP contribution < -0.4 is 0 Å². The topological polar surface area (TPSA) is 82.7 Å². The second-order valence-corrected chi connectivity index (χ2v) is 1.42. The number of esters is 1. The predicted octanol–water partition coefficient (Wildman–Crippen LogP) is 0.0584. The van der Waals surface area contributed by atoms with Crippen LogP contribution in [0, 0.1) is 11.3 Å². The lowest BCUT2D eigenvalue weighted by atomic mass is 10.3. The summed E-state index contributed by atoms with van der Waals surface area (Å²) in [6, 6.07) is 1.46. The zero-order valence-corrected chi connectivity index (χ0v) is 5.87. The Bertz CT molecular complexity index is 245. The summed E-state index contributed by atoms with van der Waals surface area (Å²) in [5, 5.41) is 18.6. The average molecular weight is 154 g/mol. The molecule has 0 aromatic heterocycles. The molecule has 0 saturated carbocycles. The van der Waals surface area contributed by atoms with Crippen molar-refractivity contribution in [1.29, 1.82) is 5.26 Å². The minimum Gasteiger partial charge on any atom is -0.461 e. The molecule has 0 saturated heterocycles. The summed E-state index contributed by atoms with van der Waals surface area (Å²) in [5.74, 6) is 0.938. The van der Waals surface area contributed by atoms with Gasteiger partial charge < -0.3 is 9.94 Å². The van der Waals surface area contributed by atoms with Crippen LogP contribution in [-0.2, 0) is 9.53 Å². The van der Waals surface area contributed by atoms with E-state index in [0.717, 1.165) is 0 Å². The number of hydrogen-bond donors (Lipinski definition) is 1. The van der Waals surface area contributed by atoms with Crippen molar-refractivity contribution >= 4 is 11.8 Å². The highest BCUT2D eigenvalue weighted by atomic mass is 16.5. The van der Waals surface area contributed by atoms with Crippen molar-refractivity contribution in [3.8, 4) is 6.07 Å². The maximum absolute atomic E-state index is 10.6. The monoisotopic (exact) mass is 154 g/mol. The SMILES string of the molecule is CCOC(=O)C(=C=NO)C#N. The van der Waals surface area contributed by atoms with Gasteiger partial charge >= 0.3 is 5.97 Å². The quantitative estimate of drug-likeness (QED) is 0.152. The number of carbonyl (C=O) groups excluding carboxylic acids is 1. The highest BCUT2D eigenvalue weighted by Gasteiger charge is 2.08. The van der Waals surface area contributed by atoms with E-state index in [-0.39, 0.29) is 6.61 Å². The molecule has 0 atom stereocenters. The van der Waals surface area contributed by atoms with Gasteiger partial charge in [-0.3, -0.25) is 0 Å². The number of hydrogen-bond acceptors (Lipinski definition) is 5. The highest BCUT2D eigenvalue weighted by Crippen LogP contribution is 1.89. The van der Waals surface area contributed by atoms with Crippen LogP contribution in [0.15, 0.2) is 10.7 Å². The molecular weight excluding hydrogens is 148 g/mol. The average Bonchev–Trinajstić information content (AvgIpc) is 2.00. The minimum atomic E-state index is -0.840. The van der Waals surface area contributed by atoms with Crippen LogP contribution in [0.25, 0.3) is 0 Å². The number of rotatable bonds is 2. The molecule has 0 unspecified atom stereocenters. The van der Waals surface area contributed by atoms with Gasteiger partial charge in [0.15, 0.2) is 0 Å². The Balaban J connectivity index is 4.44. The molecule has 58 valence electrons. The molecule has 0 aromatic rings. The fourth-order valence-electron chi connectivity index (χ4n) is 0.370. The zero-order chi connectivity index (χ0) is 8.69. The van der Waals surface area contributed by atoms with Gasteiger partial charge in [0, 0.05) is 0 Å². The molecule has 0 spiro atoms. The van der Waals surface area contributed by atoms with Crippen LogP contribution in [0.3, 0.4) is 0 Å². The fourth-order valence-corrected chi connectivity index (χ4v) is 0.370. The standard InChI is InChI=1S/C6H6N2O3/c1-2-11-6(9)5(3-7)4-8-10/h10H,2H2,1H3. The second-order valence-electron chi connectivity index (χ2n) is 1.42. The third kappa shape index (κ3) is 3.04. The predicted molar refractivity (Wildman–Crippen MR) is 35.0 cm³/mol. The van der Waals surface area contributed by atoms with Crippen LogP contribution in [0.4, 0.5) is 0 Å². The first-order valence-corrected chi connectivity index (χ1v) is 2.80. The van der Waals surface area contributed by atoms with Crippen molar-refractivity contribution in [3.63, 3.8) is 0 Å². The van der Waals surface area contributed by atoms with Gasteiger partial charge in [-0.05, 0) is 12.1 Å². The lowest BCUT2D eigenvalue weighted by Gasteiger charge is -1.94. The van der Waals surface area contributed by atoms with Crippen molar-refractivity contribution in [1.82, 2.24) is 0 Å². The Morgan fingerprint density at radius 2 is 2.45 bits per heavy atom. The molecule has 5 nitrogen and oxygen atoms in total. The summed E-state index contributed by atoms with van der Waals surface area (Å²) in [6.07, 6.45) is 0. The zero-order valence-electron chi connectivity index (χ0n) is 5.87. The lowest BCUT2D eigenvalue weighted by molar-refractivity contribution is -0.137. The number of nitriles is 1. The van der Waals surface area contributed by atoms with Crippen molar-refractivity contribution in [3.05, 3.63) is 5.57 Å². The summed E-state index contributed by atoms with van der Waals surface area (Å²) in [6.45, 7) is 1.76. The minimum absolute atomic E-state index is 0.164. The molecule has 0 fully saturated rings. The van der Waals surface area contributed by atoms with Crippen molar-refractivity contribution in [2.75, 3.05) is 6.61 Å². The number of nitrogens with zero attached hydrogens (tertiary/aromatic N) is 2. The van der Waals surface area contributed by atoms with E-state index in [4.69, 9.17) is 10.5 Å². The molecular formula is C6H6N2O3. The molecule has 0 aliphatic carbocycles. The van der Waals surface area contributed by atoms with Gasteiger partial charge in [0.05, 0.1) is 12.5 Å². The van der Waals surface area contributed by atoms with Crippen LogP contribution in [0.5, 0.6) is 0 Å². The highest BCUT2D eigenvalue weighted by molar-refractivity contribution is 6.01. The molecule has 0 aromatic carbocycles. The summed E-state index contributed by atoms with van der Waals surface area (Å²) in [7, 11) is 0. The van der Waals surface area contributed by atoms with E-state index in [9.17, 15) is 4.79 Å². The number of ether oxygens (including phenoxy) is 1. The van der Waals surface area contributed by atoms with E-state index in [2.05, 4.69) is 9.89 Å². The molecule has 0 aliphatic rings. The fraction of sp³-hybridized carbons (Fsp3) is 0.333. The Morgan fingerprint density at radius 1 is 1.82 bits per heavy atom. The van der Waals surface area contributed by atoms with Crippen molar-refractivity contribution < 1.29 is 14.7 Å². The molecule has 5 heteroatoms. The summed E-state index contributed by atoms with van der Waals surface area (Å²) in [4.78, 5) is 10.6. The van der Waals surface area contributed by atoms with Crippen molar-refractivity contribution in [2.45, 2.75) is 6.92 Å². The van der Waals surface area contributed by atoms with Gasteiger partial charge in [0.25, 0.3) is 0 Å². The third-order valence-corrected chi connectivity index (χ3v) is 0.753. The van der Waals surface area contributed by atoms with Gasteiger partial charge in [-0.1, -0.05) is 0 Å². The lowest BCUT2D eigenvalue weighted by Crippen LogP contribution is -2.06. The van der Waals surface area contributed by atoms with E-state index in [1.54, 1.807) is 12.8 Å². The first-order chi connectivity index (χ1) is 5.26. The Labute approximate surface area is 63.2 Å². The molecule has 0 aliphatic heterocycles. The van der Waals surface area contributed by atoms with Gasteiger partial charge in [-0.2, -0.15) is 5.26 Å².